The van der Waals surface area contributed by atoms with Crippen LogP contribution in [0.1, 0.15) is 33.4 Å². The normalized spacial score (nSPS) is 13.4. The molecule has 6 rings (SSSR count). The molecule has 0 radical (unpaired) electrons. The Morgan fingerprint density at radius 1 is 0.424 bits per heavy atom. The van der Waals surface area contributed by atoms with Gasteiger partial charge in [0.1, 0.15) is 0 Å². The fourth-order valence-corrected chi connectivity index (χ4v) is 5.66. The van der Waals surface area contributed by atoms with E-state index in [1.807, 2.05) is 0 Å². The number of aryl methyl sites for hydroxylation is 2. The van der Waals surface area contributed by atoms with E-state index in [-0.39, 0.29) is 5.41 Å². The molecule has 1 aliphatic rings. The van der Waals surface area contributed by atoms with Gasteiger partial charge in [-0.25, -0.2) is 0 Å². The molecule has 0 bridgehead atoms. The van der Waals surface area contributed by atoms with Crippen molar-refractivity contribution in [2.75, 3.05) is 0 Å². The standard InChI is InChI=1S/C33H26/c1-23-10-7-12-25(20-23)26-13-9-15-28(22-26)33(27-14-8-11-24(2)21-27)31-18-5-3-16-29(31)30-17-4-6-19-32(30)33/h3-22H,1-2H3. The van der Waals surface area contributed by atoms with Gasteiger partial charge in [-0.2, -0.15) is 0 Å². The number of benzene rings is 5. The van der Waals surface area contributed by atoms with Gasteiger partial charge in [0.25, 0.3) is 0 Å². The van der Waals surface area contributed by atoms with Crippen molar-refractivity contribution in [1.29, 1.82) is 0 Å². The minimum atomic E-state index is -0.348. The summed E-state index contributed by atoms with van der Waals surface area (Å²) in [6, 6.07) is 44.8. The number of hydrogen-bond acceptors (Lipinski definition) is 0. The van der Waals surface area contributed by atoms with Crippen molar-refractivity contribution >= 4 is 0 Å². The van der Waals surface area contributed by atoms with E-state index in [0.717, 1.165) is 0 Å². The Bertz CT molecular complexity index is 1440. The Labute approximate surface area is 196 Å². The summed E-state index contributed by atoms with van der Waals surface area (Å²) in [6.45, 7) is 4.35. The predicted octanol–water partition coefficient (Wildman–Crippen LogP) is 8.33. The van der Waals surface area contributed by atoms with E-state index >= 15 is 0 Å². The first-order valence-electron chi connectivity index (χ1n) is 11.6. The van der Waals surface area contributed by atoms with Crippen LogP contribution in [0.25, 0.3) is 22.3 Å². The molecule has 5 aromatic carbocycles. The van der Waals surface area contributed by atoms with E-state index in [0.29, 0.717) is 0 Å². The second kappa shape index (κ2) is 7.60. The van der Waals surface area contributed by atoms with Crippen LogP contribution in [-0.2, 0) is 5.41 Å². The zero-order chi connectivity index (χ0) is 22.4. The second-order valence-corrected chi connectivity index (χ2v) is 9.16. The Morgan fingerprint density at radius 3 is 1.52 bits per heavy atom. The Balaban J connectivity index is 1.71. The first kappa shape index (κ1) is 19.8. The maximum Gasteiger partial charge on any atom is 0.0713 e. The fraction of sp³-hybridized carbons (Fsp3) is 0.0909. The molecule has 5 aromatic rings. The van der Waals surface area contributed by atoms with Crippen molar-refractivity contribution in [3.63, 3.8) is 0 Å². The van der Waals surface area contributed by atoms with Gasteiger partial charge in [0.15, 0.2) is 0 Å². The van der Waals surface area contributed by atoms with Crippen molar-refractivity contribution in [3.8, 4) is 22.3 Å². The highest BCUT2D eigenvalue weighted by atomic mass is 14.5. The van der Waals surface area contributed by atoms with Crippen LogP contribution < -0.4 is 0 Å². The van der Waals surface area contributed by atoms with Crippen LogP contribution in [0.3, 0.4) is 0 Å². The molecule has 0 fully saturated rings. The maximum atomic E-state index is 2.40. The molecule has 0 aromatic heterocycles. The molecule has 0 nitrogen and oxygen atoms in total. The van der Waals surface area contributed by atoms with Gasteiger partial charge in [0.05, 0.1) is 5.41 Å². The molecule has 33 heavy (non-hydrogen) atoms. The molecular weight excluding hydrogens is 396 g/mol. The van der Waals surface area contributed by atoms with Gasteiger partial charge in [-0.1, -0.05) is 126 Å². The monoisotopic (exact) mass is 422 g/mol. The molecule has 158 valence electrons. The zero-order valence-corrected chi connectivity index (χ0v) is 19.0. The average Bonchev–Trinajstić information content (AvgIpc) is 3.16. The van der Waals surface area contributed by atoms with Gasteiger partial charge in [0, 0.05) is 0 Å². The summed E-state index contributed by atoms with van der Waals surface area (Å²) < 4.78 is 0. The molecule has 0 heterocycles. The highest BCUT2D eigenvalue weighted by Gasteiger charge is 2.45. The van der Waals surface area contributed by atoms with E-state index in [2.05, 4.69) is 135 Å². The molecule has 0 saturated heterocycles. The third kappa shape index (κ3) is 2.98. The lowest BCUT2D eigenvalue weighted by atomic mass is 9.67. The van der Waals surface area contributed by atoms with E-state index < -0.39 is 0 Å². The Kier molecular flexibility index (Phi) is 4.55. The van der Waals surface area contributed by atoms with Crippen molar-refractivity contribution in [2.45, 2.75) is 19.3 Å². The fourth-order valence-electron chi connectivity index (χ4n) is 5.66. The van der Waals surface area contributed by atoms with Crippen molar-refractivity contribution in [3.05, 3.63) is 155 Å². The van der Waals surface area contributed by atoms with Crippen LogP contribution in [0.5, 0.6) is 0 Å². The van der Waals surface area contributed by atoms with Crippen LogP contribution in [0.2, 0.25) is 0 Å². The summed E-state index contributed by atoms with van der Waals surface area (Å²) in [5, 5.41) is 0. The van der Waals surface area contributed by atoms with Crippen molar-refractivity contribution in [1.82, 2.24) is 0 Å². The molecule has 1 aliphatic carbocycles. The van der Waals surface area contributed by atoms with E-state index in [1.54, 1.807) is 0 Å². The molecule has 0 heteroatoms. The minimum absolute atomic E-state index is 0.348. The van der Waals surface area contributed by atoms with Gasteiger partial charge in [-0.15, -0.1) is 0 Å². The smallest absolute Gasteiger partial charge is 0.0619 e. The summed E-state index contributed by atoms with van der Waals surface area (Å²) in [6.07, 6.45) is 0. The first-order chi connectivity index (χ1) is 16.2. The van der Waals surface area contributed by atoms with E-state index in [1.165, 1.54) is 55.6 Å². The van der Waals surface area contributed by atoms with Crippen LogP contribution >= 0.6 is 0 Å². The minimum Gasteiger partial charge on any atom is -0.0619 e. The van der Waals surface area contributed by atoms with Crippen LogP contribution in [0.15, 0.2) is 121 Å². The topological polar surface area (TPSA) is 0 Å². The molecule has 0 saturated carbocycles. The lowest BCUT2D eigenvalue weighted by Crippen LogP contribution is -2.28. The third-order valence-corrected chi connectivity index (χ3v) is 7.05. The van der Waals surface area contributed by atoms with Crippen LogP contribution in [0, 0.1) is 13.8 Å². The van der Waals surface area contributed by atoms with Gasteiger partial charge in [0.2, 0.25) is 0 Å². The lowest BCUT2D eigenvalue weighted by molar-refractivity contribution is 0.767. The average molecular weight is 423 g/mol. The summed E-state index contributed by atoms with van der Waals surface area (Å²) >= 11 is 0. The van der Waals surface area contributed by atoms with Crippen molar-refractivity contribution < 1.29 is 0 Å². The predicted molar refractivity (Wildman–Crippen MR) is 139 cm³/mol. The quantitative estimate of drug-likeness (QED) is 0.269. The zero-order valence-electron chi connectivity index (χ0n) is 19.0. The van der Waals surface area contributed by atoms with Crippen molar-refractivity contribution in [2.24, 2.45) is 0 Å². The molecule has 0 amide bonds. The van der Waals surface area contributed by atoms with Crippen LogP contribution in [-0.4, -0.2) is 0 Å². The molecular formula is C33H26. The third-order valence-electron chi connectivity index (χ3n) is 7.05. The molecule has 0 aliphatic heterocycles. The molecule has 0 spiro atoms. The van der Waals surface area contributed by atoms with Gasteiger partial charge >= 0.3 is 0 Å². The number of fused-ring (bicyclic) bond motifs is 3. The molecule has 0 atom stereocenters. The first-order valence-corrected chi connectivity index (χ1v) is 11.6. The SMILES string of the molecule is Cc1cccc(-c2cccc(C3(c4cccc(C)c4)c4ccccc4-c4ccccc43)c2)c1. The summed E-state index contributed by atoms with van der Waals surface area (Å²) in [4.78, 5) is 0. The van der Waals surface area contributed by atoms with Gasteiger partial charge < -0.3 is 0 Å². The van der Waals surface area contributed by atoms with Crippen LogP contribution in [0.4, 0.5) is 0 Å². The summed E-state index contributed by atoms with van der Waals surface area (Å²) in [7, 11) is 0. The second-order valence-electron chi connectivity index (χ2n) is 9.16. The maximum absolute atomic E-state index is 2.40. The van der Waals surface area contributed by atoms with Gasteiger partial charge in [-0.3, -0.25) is 0 Å². The number of rotatable bonds is 3. The molecule has 0 N–H and O–H groups in total. The Morgan fingerprint density at radius 2 is 0.909 bits per heavy atom. The largest absolute Gasteiger partial charge is 0.0713 e. The lowest BCUT2D eigenvalue weighted by Gasteiger charge is -2.34. The van der Waals surface area contributed by atoms with Gasteiger partial charge in [-0.05, 0) is 64.4 Å². The Hall–Kier alpha value is -3.90. The summed E-state index contributed by atoms with van der Waals surface area (Å²) in [5.41, 5.74) is 12.7. The molecule has 0 unspecified atom stereocenters. The highest BCUT2D eigenvalue weighted by Crippen LogP contribution is 2.56. The highest BCUT2D eigenvalue weighted by molar-refractivity contribution is 5.86. The van der Waals surface area contributed by atoms with E-state index in [9.17, 15) is 0 Å². The van der Waals surface area contributed by atoms with E-state index in [4.69, 9.17) is 0 Å². The summed E-state index contributed by atoms with van der Waals surface area (Å²) in [5.74, 6) is 0. The number of hydrogen-bond donors (Lipinski definition) is 0.